The van der Waals surface area contributed by atoms with Crippen molar-refractivity contribution in [3.8, 4) is 0 Å². The summed E-state index contributed by atoms with van der Waals surface area (Å²) in [6, 6.07) is 8.33. The zero-order chi connectivity index (χ0) is 21.4. The average molecular weight is 441 g/mol. The highest BCUT2D eigenvalue weighted by atomic mass is 32.2. The van der Waals surface area contributed by atoms with Crippen LogP contribution in [0, 0.1) is 26.6 Å². The fourth-order valence-corrected chi connectivity index (χ4v) is 7.16. The van der Waals surface area contributed by atoms with Crippen molar-refractivity contribution in [3.63, 3.8) is 0 Å². The molecule has 29 heavy (non-hydrogen) atoms. The molecule has 0 N–H and O–H groups in total. The monoisotopic (exact) mass is 440 g/mol. The van der Waals surface area contributed by atoms with Gasteiger partial charge in [0.05, 0.1) is 9.79 Å². The van der Waals surface area contributed by atoms with E-state index in [1.165, 1.54) is 20.7 Å². The van der Waals surface area contributed by atoms with E-state index >= 15 is 0 Å². The molecule has 0 aromatic heterocycles. The molecule has 1 heterocycles. The minimum absolute atomic E-state index is 0.000399. The van der Waals surface area contributed by atoms with E-state index in [0.29, 0.717) is 17.5 Å². The molecule has 1 aliphatic heterocycles. The first kappa shape index (κ1) is 21.9. The molecule has 0 unspecified atom stereocenters. The second-order valence-corrected chi connectivity index (χ2v) is 11.2. The van der Waals surface area contributed by atoms with Crippen LogP contribution in [0.2, 0.25) is 0 Å². The second kappa shape index (κ2) is 8.14. The van der Waals surface area contributed by atoms with Gasteiger partial charge in [0, 0.05) is 26.2 Å². The van der Waals surface area contributed by atoms with E-state index < -0.39 is 25.9 Å². The Hall–Kier alpha value is -1.81. The van der Waals surface area contributed by atoms with Crippen LogP contribution in [0.1, 0.15) is 23.1 Å². The number of sulfonamides is 2. The van der Waals surface area contributed by atoms with Gasteiger partial charge in [-0.25, -0.2) is 21.2 Å². The molecule has 0 spiro atoms. The summed E-state index contributed by atoms with van der Waals surface area (Å²) in [6.45, 7) is 6.02. The predicted octanol–water partition coefficient (Wildman–Crippen LogP) is 2.84. The van der Waals surface area contributed by atoms with Crippen molar-refractivity contribution in [1.29, 1.82) is 0 Å². The number of benzene rings is 2. The van der Waals surface area contributed by atoms with Crippen molar-refractivity contribution >= 4 is 20.0 Å². The summed E-state index contributed by atoms with van der Waals surface area (Å²) in [4.78, 5) is 0.290. The quantitative estimate of drug-likeness (QED) is 0.733. The number of halogens is 1. The van der Waals surface area contributed by atoms with Crippen LogP contribution in [0.3, 0.4) is 0 Å². The third-order valence-corrected chi connectivity index (χ3v) is 9.19. The molecule has 0 atom stereocenters. The summed E-state index contributed by atoms with van der Waals surface area (Å²) in [7, 11) is -7.55. The van der Waals surface area contributed by atoms with Gasteiger partial charge in [0.2, 0.25) is 20.0 Å². The highest BCUT2D eigenvalue weighted by Crippen LogP contribution is 2.27. The van der Waals surface area contributed by atoms with Crippen molar-refractivity contribution in [2.24, 2.45) is 0 Å². The molecule has 6 nitrogen and oxygen atoms in total. The fraction of sp³-hybridized carbons (Fsp3) is 0.400. The molecule has 0 saturated carbocycles. The summed E-state index contributed by atoms with van der Waals surface area (Å²) < 4.78 is 68.0. The van der Waals surface area contributed by atoms with Crippen molar-refractivity contribution < 1.29 is 21.2 Å². The van der Waals surface area contributed by atoms with Crippen molar-refractivity contribution in [2.45, 2.75) is 37.0 Å². The van der Waals surface area contributed by atoms with E-state index in [4.69, 9.17) is 0 Å². The molecular weight excluding hydrogens is 415 g/mol. The average Bonchev–Trinajstić information content (AvgIpc) is 2.88. The molecule has 9 heteroatoms. The van der Waals surface area contributed by atoms with Gasteiger partial charge in [-0.1, -0.05) is 17.7 Å². The SMILES string of the molecule is Cc1cc(C)c(S(=O)(=O)N2CCCN(S(=O)(=O)c3ccc(F)cc3)CC2)c(C)c1. The highest BCUT2D eigenvalue weighted by Gasteiger charge is 2.33. The first-order valence-corrected chi connectivity index (χ1v) is 12.3. The molecule has 0 aliphatic carbocycles. The molecule has 1 saturated heterocycles. The Balaban J connectivity index is 1.85. The zero-order valence-electron chi connectivity index (χ0n) is 16.7. The Bertz CT molecular complexity index is 1090. The van der Waals surface area contributed by atoms with Gasteiger partial charge >= 0.3 is 0 Å². The Morgan fingerprint density at radius 2 is 1.24 bits per heavy atom. The largest absolute Gasteiger partial charge is 0.243 e. The first-order chi connectivity index (χ1) is 13.5. The van der Waals surface area contributed by atoms with Gasteiger partial charge in [0.1, 0.15) is 5.82 Å². The highest BCUT2D eigenvalue weighted by molar-refractivity contribution is 7.89. The van der Waals surface area contributed by atoms with Gasteiger partial charge in [-0.3, -0.25) is 0 Å². The molecule has 0 radical (unpaired) electrons. The van der Waals surface area contributed by atoms with Crippen molar-refractivity contribution in [2.75, 3.05) is 26.2 Å². The maximum atomic E-state index is 13.3. The van der Waals surface area contributed by atoms with Crippen LogP contribution in [0.25, 0.3) is 0 Å². The van der Waals surface area contributed by atoms with Crippen LogP contribution >= 0.6 is 0 Å². The third kappa shape index (κ3) is 4.37. The summed E-state index contributed by atoms with van der Waals surface area (Å²) in [6.07, 6.45) is 0.379. The van der Waals surface area contributed by atoms with E-state index in [2.05, 4.69) is 0 Å². The second-order valence-electron chi connectivity index (χ2n) is 7.34. The van der Waals surface area contributed by atoms with E-state index in [-0.39, 0.29) is 36.0 Å². The normalized spacial score (nSPS) is 17.2. The molecule has 1 fully saturated rings. The molecule has 3 rings (SSSR count). The van der Waals surface area contributed by atoms with Crippen molar-refractivity contribution in [3.05, 3.63) is 58.9 Å². The van der Waals surface area contributed by atoms with Gasteiger partial charge in [-0.2, -0.15) is 8.61 Å². The van der Waals surface area contributed by atoms with Gasteiger partial charge in [-0.05, 0) is 62.6 Å². The third-order valence-electron chi connectivity index (χ3n) is 5.07. The van der Waals surface area contributed by atoms with Gasteiger partial charge in [-0.15, -0.1) is 0 Å². The van der Waals surface area contributed by atoms with Gasteiger partial charge < -0.3 is 0 Å². The topological polar surface area (TPSA) is 74.8 Å². The summed E-state index contributed by atoms with van der Waals surface area (Å²) in [5.74, 6) is -0.513. The molecule has 158 valence electrons. The predicted molar refractivity (Wildman–Crippen MR) is 109 cm³/mol. The lowest BCUT2D eigenvalue weighted by Crippen LogP contribution is -2.37. The fourth-order valence-electron chi connectivity index (χ4n) is 3.81. The first-order valence-electron chi connectivity index (χ1n) is 9.37. The number of hydrogen-bond donors (Lipinski definition) is 0. The lowest BCUT2D eigenvalue weighted by Gasteiger charge is -2.23. The lowest BCUT2D eigenvalue weighted by atomic mass is 10.1. The van der Waals surface area contributed by atoms with Crippen LogP contribution in [-0.4, -0.2) is 51.6 Å². The molecule has 2 aromatic rings. The Kier molecular flexibility index (Phi) is 6.14. The van der Waals surface area contributed by atoms with Crippen LogP contribution < -0.4 is 0 Å². The van der Waals surface area contributed by atoms with E-state index in [1.54, 1.807) is 13.8 Å². The smallest absolute Gasteiger partial charge is 0.207 e. The number of rotatable bonds is 4. The number of aryl methyl sites for hydroxylation is 3. The Morgan fingerprint density at radius 3 is 1.76 bits per heavy atom. The molecule has 0 amide bonds. The van der Waals surface area contributed by atoms with Crippen LogP contribution in [0.15, 0.2) is 46.2 Å². The maximum Gasteiger partial charge on any atom is 0.243 e. The summed E-state index contributed by atoms with van der Waals surface area (Å²) >= 11 is 0. The van der Waals surface area contributed by atoms with E-state index in [0.717, 1.165) is 17.7 Å². The van der Waals surface area contributed by atoms with Crippen LogP contribution in [-0.2, 0) is 20.0 Å². The molecule has 1 aliphatic rings. The summed E-state index contributed by atoms with van der Waals surface area (Å²) in [5, 5.41) is 0. The van der Waals surface area contributed by atoms with Crippen LogP contribution in [0.4, 0.5) is 4.39 Å². The Morgan fingerprint density at radius 1 is 0.759 bits per heavy atom. The zero-order valence-corrected chi connectivity index (χ0v) is 18.4. The van der Waals surface area contributed by atoms with Gasteiger partial charge in [0.25, 0.3) is 0 Å². The number of hydrogen-bond acceptors (Lipinski definition) is 4. The molecular formula is C20H25FN2O4S2. The molecule has 2 aromatic carbocycles. The minimum atomic E-state index is -3.81. The lowest BCUT2D eigenvalue weighted by molar-refractivity contribution is 0.404. The standard InChI is InChI=1S/C20H25FN2O4S2/c1-15-13-16(2)20(17(3)14-15)29(26,27)23-10-4-9-22(11-12-23)28(24,25)19-7-5-18(21)6-8-19/h5-8,13-14H,4,9-12H2,1-3H3. The Labute approximate surface area is 172 Å². The van der Waals surface area contributed by atoms with Crippen molar-refractivity contribution in [1.82, 2.24) is 8.61 Å². The summed E-state index contributed by atoms with van der Waals surface area (Å²) in [5.41, 5.74) is 2.36. The van der Waals surface area contributed by atoms with Crippen LogP contribution in [0.5, 0.6) is 0 Å². The minimum Gasteiger partial charge on any atom is -0.207 e. The molecule has 0 bridgehead atoms. The van der Waals surface area contributed by atoms with Gasteiger partial charge in [0.15, 0.2) is 0 Å². The van der Waals surface area contributed by atoms with E-state index in [9.17, 15) is 21.2 Å². The maximum absolute atomic E-state index is 13.3. The number of nitrogens with zero attached hydrogens (tertiary/aromatic N) is 2. The van der Waals surface area contributed by atoms with E-state index in [1.807, 2.05) is 19.1 Å².